The Balaban J connectivity index is 2.23. The lowest BCUT2D eigenvalue weighted by atomic mass is 10.2. The van der Waals surface area contributed by atoms with Crippen LogP contribution in [0, 0.1) is 17.1 Å². The van der Waals surface area contributed by atoms with Crippen LogP contribution in [0.1, 0.15) is 11.1 Å². The molecule has 0 saturated carbocycles. The van der Waals surface area contributed by atoms with E-state index in [1.54, 1.807) is 36.3 Å². The summed E-state index contributed by atoms with van der Waals surface area (Å²) < 4.78 is 13.4. The van der Waals surface area contributed by atoms with E-state index in [-0.39, 0.29) is 5.02 Å². The van der Waals surface area contributed by atoms with Crippen molar-refractivity contribution < 1.29 is 4.39 Å². The van der Waals surface area contributed by atoms with Crippen molar-refractivity contribution in [1.82, 2.24) is 4.98 Å². The van der Waals surface area contributed by atoms with Crippen molar-refractivity contribution >= 4 is 17.4 Å². The van der Waals surface area contributed by atoms with E-state index in [0.29, 0.717) is 17.9 Å². The fraction of sp³-hybridized carbons (Fsp3) is 0.143. The number of nitrogens with zero attached hydrogens (tertiary/aromatic N) is 3. The minimum absolute atomic E-state index is 0.0990. The number of pyridine rings is 1. The highest BCUT2D eigenvalue weighted by molar-refractivity contribution is 6.30. The van der Waals surface area contributed by atoms with Crippen molar-refractivity contribution in [3.8, 4) is 6.07 Å². The lowest BCUT2D eigenvalue weighted by molar-refractivity contribution is 0.625. The SMILES string of the molecule is CN(Cc1ccc(Cl)c(F)c1)c1ncccc1C#N. The zero-order valence-corrected chi connectivity index (χ0v) is 11.0. The molecule has 0 N–H and O–H groups in total. The fourth-order valence-electron chi connectivity index (χ4n) is 1.78. The highest BCUT2D eigenvalue weighted by Gasteiger charge is 2.09. The highest BCUT2D eigenvalue weighted by Crippen LogP contribution is 2.20. The molecule has 2 rings (SSSR count). The van der Waals surface area contributed by atoms with E-state index in [9.17, 15) is 4.39 Å². The summed E-state index contributed by atoms with van der Waals surface area (Å²) in [6.07, 6.45) is 1.62. The minimum atomic E-state index is -0.450. The molecule has 3 nitrogen and oxygen atoms in total. The number of anilines is 1. The first-order valence-electron chi connectivity index (χ1n) is 5.62. The summed E-state index contributed by atoms with van der Waals surface area (Å²) in [5, 5.41) is 9.12. The first-order chi connectivity index (χ1) is 9.11. The Kier molecular flexibility index (Phi) is 3.98. The standard InChI is InChI=1S/C14H11ClFN3/c1-19(14-11(8-17)3-2-6-18-14)9-10-4-5-12(15)13(16)7-10/h2-7H,9H2,1H3. The first-order valence-corrected chi connectivity index (χ1v) is 6.00. The maximum Gasteiger partial charge on any atom is 0.146 e. The van der Waals surface area contributed by atoms with Gasteiger partial charge < -0.3 is 4.90 Å². The second kappa shape index (κ2) is 5.68. The second-order valence-electron chi connectivity index (χ2n) is 4.09. The van der Waals surface area contributed by atoms with Crippen molar-refractivity contribution in [2.45, 2.75) is 6.54 Å². The number of aromatic nitrogens is 1. The van der Waals surface area contributed by atoms with Gasteiger partial charge in [0.25, 0.3) is 0 Å². The molecule has 5 heteroatoms. The molecule has 0 aliphatic carbocycles. The minimum Gasteiger partial charge on any atom is -0.354 e. The summed E-state index contributed by atoms with van der Waals surface area (Å²) in [5.41, 5.74) is 1.25. The van der Waals surface area contributed by atoms with E-state index in [1.165, 1.54) is 12.1 Å². The summed E-state index contributed by atoms with van der Waals surface area (Å²) in [4.78, 5) is 5.96. The van der Waals surface area contributed by atoms with Gasteiger partial charge in [0.15, 0.2) is 0 Å². The Morgan fingerprint density at radius 3 is 2.89 bits per heavy atom. The van der Waals surface area contributed by atoms with Gasteiger partial charge in [0.05, 0.1) is 10.6 Å². The molecule has 0 aliphatic heterocycles. The molecule has 1 aromatic heterocycles. The summed E-state index contributed by atoms with van der Waals surface area (Å²) >= 11 is 5.64. The van der Waals surface area contributed by atoms with Crippen LogP contribution in [0.5, 0.6) is 0 Å². The van der Waals surface area contributed by atoms with E-state index in [4.69, 9.17) is 16.9 Å². The molecule has 19 heavy (non-hydrogen) atoms. The Morgan fingerprint density at radius 1 is 1.42 bits per heavy atom. The molecule has 0 radical (unpaired) electrons. The van der Waals surface area contributed by atoms with Crippen molar-refractivity contribution in [2.75, 3.05) is 11.9 Å². The van der Waals surface area contributed by atoms with Crippen molar-refractivity contribution in [3.05, 3.63) is 58.5 Å². The monoisotopic (exact) mass is 275 g/mol. The smallest absolute Gasteiger partial charge is 0.146 e. The average Bonchev–Trinajstić information content (AvgIpc) is 2.43. The first kappa shape index (κ1) is 13.3. The van der Waals surface area contributed by atoms with Crippen LogP contribution in [0.15, 0.2) is 36.5 Å². The third-order valence-electron chi connectivity index (χ3n) is 2.67. The van der Waals surface area contributed by atoms with Crippen molar-refractivity contribution in [2.24, 2.45) is 0 Å². The predicted molar refractivity (Wildman–Crippen MR) is 72.5 cm³/mol. The van der Waals surface area contributed by atoms with Crippen LogP contribution >= 0.6 is 11.6 Å². The van der Waals surface area contributed by atoms with Gasteiger partial charge in [0, 0.05) is 19.8 Å². The highest BCUT2D eigenvalue weighted by atomic mass is 35.5. The number of hydrogen-bond donors (Lipinski definition) is 0. The molecular weight excluding hydrogens is 265 g/mol. The fourth-order valence-corrected chi connectivity index (χ4v) is 1.89. The van der Waals surface area contributed by atoms with Gasteiger partial charge in [-0.3, -0.25) is 0 Å². The molecule has 1 aromatic carbocycles. The van der Waals surface area contributed by atoms with Gasteiger partial charge in [-0.05, 0) is 29.8 Å². The molecule has 1 heterocycles. The van der Waals surface area contributed by atoms with E-state index in [0.717, 1.165) is 5.56 Å². The maximum absolute atomic E-state index is 13.4. The van der Waals surface area contributed by atoms with E-state index in [2.05, 4.69) is 11.1 Å². The Hall–Kier alpha value is -2.12. The van der Waals surface area contributed by atoms with Crippen LogP contribution in [0.25, 0.3) is 0 Å². The van der Waals surface area contributed by atoms with Gasteiger partial charge in [-0.1, -0.05) is 17.7 Å². The van der Waals surface area contributed by atoms with Crippen LogP contribution in [-0.2, 0) is 6.54 Å². The van der Waals surface area contributed by atoms with Gasteiger partial charge in [-0.15, -0.1) is 0 Å². The average molecular weight is 276 g/mol. The van der Waals surface area contributed by atoms with Gasteiger partial charge in [0.1, 0.15) is 17.7 Å². The number of halogens is 2. The summed E-state index contributed by atoms with van der Waals surface area (Å²) in [6.45, 7) is 0.444. The molecular formula is C14H11ClFN3. The molecule has 0 atom stereocenters. The molecule has 96 valence electrons. The normalized spacial score (nSPS) is 10.0. The Labute approximate surface area is 115 Å². The quantitative estimate of drug-likeness (QED) is 0.862. The van der Waals surface area contributed by atoms with E-state index < -0.39 is 5.82 Å². The van der Waals surface area contributed by atoms with Crippen LogP contribution in [-0.4, -0.2) is 12.0 Å². The zero-order valence-electron chi connectivity index (χ0n) is 10.3. The lowest BCUT2D eigenvalue weighted by Crippen LogP contribution is -2.18. The van der Waals surface area contributed by atoms with Crippen LogP contribution in [0.4, 0.5) is 10.2 Å². The zero-order chi connectivity index (χ0) is 13.8. The molecule has 0 aliphatic rings. The molecule has 0 fully saturated rings. The summed E-state index contributed by atoms with van der Waals surface area (Å²) in [7, 11) is 1.80. The summed E-state index contributed by atoms with van der Waals surface area (Å²) in [6, 6.07) is 10.1. The number of rotatable bonds is 3. The Bertz CT molecular complexity index is 637. The third kappa shape index (κ3) is 3.01. The Morgan fingerprint density at radius 2 is 2.21 bits per heavy atom. The summed E-state index contributed by atoms with van der Waals surface area (Å²) in [5.74, 6) is 0.120. The third-order valence-corrected chi connectivity index (χ3v) is 2.98. The molecule has 2 aromatic rings. The van der Waals surface area contributed by atoms with Crippen LogP contribution in [0.3, 0.4) is 0 Å². The van der Waals surface area contributed by atoms with Gasteiger partial charge in [-0.25, -0.2) is 9.37 Å². The molecule has 0 saturated heterocycles. The van der Waals surface area contributed by atoms with E-state index in [1.807, 2.05) is 0 Å². The molecule has 0 unspecified atom stereocenters. The topological polar surface area (TPSA) is 39.9 Å². The number of nitriles is 1. The van der Waals surface area contributed by atoms with Crippen molar-refractivity contribution in [3.63, 3.8) is 0 Å². The molecule has 0 bridgehead atoms. The van der Waals surface area contributed by atoms with Gasteiger partial charge in [-0.2, -0.15) is 5.26 Å². The van der Waals surface area contributed by atoms with Gasteiger partial charge >= 0.3 is 0 Å². The maximum atomic E-state index is 13.4. The van der Waals surface area contributed by atoms with Crippen LogP contribution < -0.4 is 4.90 Å². The second-order valence-corrected chi connectivity index (χ2v) is 4.50. The van der Waals surface area contributed by atoms with Crippen molar-refractivity contribution in [1.29, 1.82) is 5.26 Å². The predicted octanol–water partition coefficient (Wildman–Crippen LogP) is 3.38. The number of hydrogen-bond acceptors (Lipinski definition) is 3. The van der Waals surface area contributed by atoms with E-state index >= 15 is 0 Å². The largest absolute Gasteiger partial charge is 0.354 e. The molecule has 0 amide bonds. The van der Waals surface area contributed by atoms with Crippen LogP contribution in [0.2, 0.25) is 5.02 Å². The molecule has 0 spiro atoms. The number of benzene rings is 1. The van der Waals surface area contributed by atoms with Gasteiger partial charge in [0.2, 0.25) is 0 Å². The lowest BCUT2D eigenvalue weighted by Gasteiger charge is -2.19.